The number of nitrogens with zero attached hydrogens (tertiary/aromatic N) is 2. The minimum atomic E-state index is 0.342. The van der Waals surface area contributed by atoms with E-state index in [1.165, 1.54) is 4.88 Å². The molecule has 0 aliphatic heterocycles. The molecule has 19 heavy (non-hydrogen) atoms. The molecule has 0 bridgehead atoms. The number of hydrazine groups is 1. The molecule has 0 atom stereocenters. The lowest BCUT2D eigenvalue weighted by molar-refractivity contribution is 0.832. The summed E-state index contributed by atoms with van der Waals surface area (Å²) in [6.45, 7) is 8.39. The molecule has 4 nitrogen and oxygen atoms in total. The zero-order valence-corrected chi connectivity index (χ0v) is 12.6. The van der Waals surface area contributed by atoms with Crippen LogP contribution in [0.3, 0.4) is 0 Å². The number of aromatic nitrogens is 2. The zero-order valence-electron chi connectivity index (χ0n) is 11.8. The van der Waals surface area contributed by atoms with E-state index in [4.69, 9.17) is 5.84 Å². The van der Waals surface area contributed by atoms with Crippen molar-refractivity contribution in [2.75, 3.05) is 5.43 Å². The second-order valence-corrected chi connectivity index (χ2v) is 5.98. The summed E-state index contributed by atoms with van der Waals surface area (Å²) in [7, 11) is 0. The van der Waals surface area contributed by atoms with Crippen molar-refractivity contribution >= 4 is 17.2 Å². The molecular weight excluding hydrogens is 256 g/mol. The predicted octanol–water partition coefficient (Wildman–Crippen LogP) is 3.48. The summed E-state index contributed by atoms with van der Waals surface area (Å²) in [6.07, 6.45) is 1.04. The van der Waals surface area contributed by atoms with E-state index >= 15 is 0 Å². The van der Waals surface area contributed by atoms with Crippen LogP contribution in [0.5, 0.6) is 0 Å². The fourth-order valence-electron chi connectivity index (χ4n) is 2.18. The van der Waals surface area contributed by atoms with Gasteiger partial charge in [0, 0.05) is 16.1 Å². The van der Waals surface area contributed by atoms with Gasteiger partial charge in [0.15, 0.2) is 5.82 Å². The van der Waals surface area contributed by atoms with E-state index in [0.717, 1.165) is 34.2 Å². The van der Waals surface area contributed by atoms with E-state index in [0.29, 0.717) is 5.92 Å². The van der Waals surface area contributed by atoms with E-state index in [1.54, 1.807) is 11.3 Å². The summed E-state index contributed by atoms with van der Waals surface area (Å²) in [5, 5.41) is 0. The highest BCUT2D eigenvalue weighted by Gasteiger charge is 2.15. The van der Waals surface area contributed by atoms with Crippen LogP contribution in [0.1, 0.15) is 42.8 Å². The average Bonchev–Trinajstić information content (AvgIpc) is 2.85. The maximum Gasteiger partial charge on any atom is 0.171 e. The van der Waals surface area contributed by atoms with Gasteiger partial charge in [-0.1, -0.05) is 20.8 Å². The third-order valence-corrected chi connectivity index (χ3v) is 4.31. The Hall–Kier alpha value is -1.46. The van der Waals surface area contributed by atoms with E-state index in [-0.39, 0.29) is 0 Å². The van der Waals surface area contributed by atoms with Gasteiger partial charge in [-0.3, -0.25) is 0 Å². The molecule has 0 aliphatic rings. The maximum atomic E-state index is 5.60. The highest BCUT2D eigenvalue weighted by molar-refractivity contribution is 7.15. The van der Waals surface area contributed by atoms with Crippen LogP contribution in [0.25, 0.3) is 10.7 Å². The number of thiophene rings is 1. The largest absolute Gasteiger partial charge is 0.308 e. The summed E-state index contributed by atoms with van der Waals surface area (Å²) in [6, 6.07) is 4.21. The molecule has 5 heteroatoms. The fourth-order valence-corrected chi connectivity index (χ4v) is 3.06. The molecule has 2 aromatic rings. The van der Waals surface area contributed by atoms with Gasteiger partial charge in [0.25, 0.3) is 0 Å². The monoisotopic (exact) mass is 276 g/mol. The van der Waals surface area contributed by atoms with E-state index in [1.807, 2.05) is 6.92 Å². The maximum absolute atomic E-state index is 5.60. The first-order chi connectivity index (χ1) is 9.06. The second-order valence-electron chi connectivity index (χ2n) is 4.81. The van der Waals surface area contributed by atoms with Gasteiger partial charge in [-0.2, -0.15) is 0 Å². The predicted molar refractivity (Wildman–Crippen MR) is 81.4 cm³/mol. The number of anilines is 1. The summed E-state index contributed by atoms with van der Waals surface area (Å²) in [4.78, 5) is 11.6. The van der Waals surface area contributed by atoms with Crippen molar-refractivity contribution in [1.82, 2.24) is 9.97 Å². The lowest BCUT2D eigenvalue weighted by Crippen LogP contribution is -2.14. The van der Waals surface area contributed by atoms with Crippen LogP contribution in [0.15, 0.2) is 12.1 Å². The highest BCUT2D eigenvalue weighted by Crippen LogP contribution is 2.30. The first-order valence-corrected chi connectivity index (χ1v) is 7.32. The molecule has 0 aliphatic carbocycles. The smallest absolute Gasteiger partial charge is 0.171 e. The molecule has 0 saturated carbocycles. The number of nitrogen functional groups attached to an aromatic ring is 1. The number of rotatable bonds is 4. The Kier molecular flexibility index (Phi) is 4.17. The van der Waals surface area contributed by atoms with Crippen molar-refractivity contribution < 1.29 is 0 Å². The standard InChI is InChI=1S/C14H20N4S/c1-5-10-6-7-11(19-10)13-16-9(4)12(8(2)3)14(17-13)18-15/h6-8H,5,15H2,1-4H3,(H,16,17,18). The summed E-state index contributed by atoms with van der Waals surface area (Å²) in [5.74, 6) is 7.42. The Morgan fingerprint density at radius 3 is 2.58 bits per heavy atom. The van der Waals surface area contributed by atoms with Gasteiger partial charge in [-0.25, -0.2) is 15.8 Å². The van der Waals surface area contributed by atoms with E-state index in [2.05, 4.69) is 48.3 Å². The van der Waals surface area contributed by atoms with E-state index in [9.17, 15) is 0 Å². The molecule has 0 aromatic carbocycles. The molecule has 0 saturated heterocycles. The van der Waals surface area contributed by atoms with Crippen LogP contribution in [0, 0.1) is 6.92 Å². The van der Waals surface area contributed by atoms with Crippen LogP contribution in [-0.4, -0.2) is 9.97 Å². The van der Waals surface area contributed by atoms with Crippen LogP contribution in [0.2, 0.25) is 0 Å². The molecule has 2 heterocycles. The Morgan fingerprint density at radius 1 is 1.32 bits per heavy atom. The van der Waals surface area contributed by atoms with Crippen LogP contribution < -0.4 is 11.3 Å². The molecule has 2 aromatic heterocycles. The van der Waals surface area contributed by atoms with Gasteiger partial charge in [0.2, 0.25) is 0 Å². The van der Waals surface area contributed by atoms with Crippen molar-refractivity contribution in [3.05, 3.63) is 28.3 Å². The third kappa shape index (κ3) is 2.77. The number of aryl methyl sites for hydroxylation is 2. The van der Waals surface area contributed by atoms with Gasteiger partial charge in [-0.05, 0) is 31.4 Å². The molecule has 0 spiro atoms. The van der Waals surface area contributed by atoms with Gasteiger partial charge in [-0.15, -0.1) is 11.3 Å². The van der Waals surface area contributed by atoms with Crippen LogP contribution >= 0.6 is 11.3 Å². The number of hydrogen-bond acceptors (Lipinski definition) is 5. The van der Waals surface area contributed by atoms with Gasteiger partial charge in [0.1, 0.15) is 5.82 Å². The quantitative estimate of drug-likeness (QED) is 0.663. The Morgan fingerprint density at radius 2 is 2.05 bits per heavy atom. The lowest BCUT2D eigenvalue weighted by Gasteiger charge is -2.14. The Bertz CT molecular complexity index is 575. The zero-order chi connectivity index (χ0) is 14.0. The molecule has 0 radical (unpaired) electrons. The van der Waals surface area contributed by atoms with Crippen molar-refractivity contribution in [2.45, 2.75) is 40.0 Å². The van der Waals surface area contributed by atoms with Crippen molar-refractivity contribution in [3.8, 4) is 10.7 Å². The average molecular weight is 276 g/mol. The number of nitrogens with two attached hydrogens (primary N) is 1. The summed E-state index contributed by atoms with van der Waals surface area (Å²) in [5.41, 5.74) is 4.77. The first kappa shape index (κ1) is 14.0. The molecule has 2 rings (SSSR count). The van der Waals surface area contributed by atoms with Crippen LogP contribution in [0.4, 0.5) is 5.82 Å². The van der Waals surface area contributed by atoms with Gasteiger partial charge < -0.3 is 5.43 Å². The topological polar surface area (TPSA) is 63.8 Å². The molecule has 0 unspecified atom stereocenters. The molecule has 3 N–H and O–H groups in total. The third-order valence-electron chi connectivity index (χ3n) is 3.08. The molecule has 102 valence electrons. The minimum absolute atomic E-state index is 0.342. The van der Waals surface area contributed by atoms with Crippen molar-refractivity contribution in [2.24, 2.45) is 5.84 Å². The second kappa shape index (κ2) is 5.67. The number of hydrogen-bond donors (Lipinski definition) is 2. The van der Waals surface area contributed by atoms with Gasteiger partial charge in [0.05, 0.1) is 4.88 Å². The van der Waals surface area contributed by atoms with Crippen molar-refractivity contribution in [3.63, 3.8) is 0 Å². The summed E-state index contributed by atoms with van der Waals surface area (Å²) < 4.78 is 0. The minimum Gasteiger partial charge on any atom is -0.308 e. The Labute approximate surface area is 118 Å². The highest BCUT2D eigenvalue weighted by atomic mass is 32.1. The lowest BCUT2D eigenvalue weighted by atomic mass is 10.0. The summed E-state index contributed by atoms with van der Waals surface area (Å²) >= 11 is 1.73. The SMILES string of the molecule is CCc1ccc(-c2nc(C)c(C(C)C)c(NN)n2)s1. The number of nitrogens with one attached hydrogen (secondary N) is 1. The van der Waals surface area contributed by atoms with Gasteiger partial charge >= 0.3 is 0 Å². The fraction of sp³-hybridized carbons (Fsp3) is 0.429. The molecular formula is C14H20N4S. The normalized spacial score (nSPS) is 11.1. The Balaban J connectivity index is 2.51. The van der Waals surface area contributed by atoms with E-state index < -0.39 is 0 Å². The molecule has 0 amide bonds. The van der Waals surface area contributed by atoms with Crippen LogP contribution in [-0.2, 0) is 6.42 Å². The molecule has 0 fully saturated rings. The van der Waals surface area contributed by atoms with Crippen molar-refractivity contribution in [1.29, 1.82) is 0 Å². The first-order valence-electron chi connectivity index (χ1n) is 6.51.